The van der Waals surface area contributed by atoms with Crippen molar-refractivity contribution in [2.45, 2.75) is 31.8 Å². The quantitative estimate of drug-likeness (QED) is 0.884. The Labute approximate surface area is 155 Å². The predicted octanol–water partition coefficient (Wildman–Crippen LogP) is 2.07. The van der Waals surface area contributed by atoms with Gasteiger partial charge in [-0.3, -0.25) is 9.69 Å². The topological polar surface area (TPSA) is 67.6 Å². The summed E-state index contributed by atoms with van der Waals surface area (Å²) in [4.78, 5) is 14.6. The van der Waals surface area contributed by atoms with Crippen molar-refractivity contribution in [3.05, 3.63) is 52.4 Å². The van der Waals surface area contributed by atoms with Gasteiger partial charge in [0.2, 0.25) is 0 Å². The Morgan fingerprint density at radius 3 is 2.85 bits per heavy atom. The number of ether oxygens (including phenoxy) is 1. The van der Waals surface area contributed by atoms with Crippen molar-refractivity contribution in [2.24, 2.45) is 0 Å². The van der Waals surface area contributed by atoms with Gasteiger partial charge in [0.15, 0.2) is 11.6 Å². The van der Waals surface area contributed by atoms with Crippen LogP contribution in [0.15, 0.2) is 22.7 Å². The lowest BCUT2D eigenvalue weighted by Crippen LogP contribution is -2.39. The molecule has 1 saturated heterocycles. The van der Waals surface area contributed by atoms with Crippen LogP contribution in [0.1, 0.15) is 33.8 Å². The number of halogens is 2. The number of nitrogens with one attached hydrogen (secondary N) is 1. The van der Waals surface area contributed by atoms with Gasteiger partial charge >= 0.3 is 0 Å². The molecule has 1 atom stereocenters. The van der Waals surface area contributed by atoms with Gasteiger partial charge in [-0.05, 0) is 31.0 Å². The Kier molecular flexibility index (Phi) is 5.18. The first-order valence-corrected chi connectivity index (χ1v) is 9.12. The molecule has 2 heterocycles. The maximum atomic E-state index is 13.4. The second-order valence-corrected chi connectivity index (χ2v) is 6.96. The van der Waals surface area contributed by atoms with Crippen molar-refractivity contribution in [3.63, 3.8) is 0 Å². The predicted molar refractivity (Wildman–Crippen MR) is 92.2 cm³/mol. The largest absolute Gasteiger partial charge is 0.379 e. The number of aryl methyl sites for hydroxylation is 1. The smallest absolute Gasteiger partial charge is 0.251 e. The monoisotopic (exact) mass is 377 g/mol. The normalized spacial score (nSPS) is 20.3. The van der Waals surface area contributed by atoms with Crippen LogP contribution in [0.25, 0.3) is 0 Å². The van der Waals surface area contributed by atoms with Gasteiger partial charge in [-0.25, -0.2) is 8.78 Å². The van der Waals surface area contributed by atoms with Crippen molar-refractivity contribution >= 4 is 5.91 Å². The first-order valence-electron chi connectivity index (χ1n) is 9.12. The van der Waals surface area contributed by atoms with E-state index in [0.717, 1.165) is 42.2 Å². The highest BCUT2D eigenvalue weighted by Gasteiger charge is 2.28. The standard InChI is InChI=1S/C19H21F2N3O3/c20-15-3-1-12(9-16(15)21)19(25)22-13-2-4-18-14(10-13)17(23-27-18)11-24-5-7-26-8-6-24/h1,3,9,13H,2,4-8,10-11H2,(H,22,25). The molecule has 1 aromatic heterocycles. The van der Waals surface area contributed by atoms with Crippen LogP contribution in [-0.2, 0) is 24.1 Å². The minimum absolute atomic E-state index is 0.0963. The molecule has 144 valence electrons. The molecule has 6 nitrogen and oxygen atoms in total. The zero-order valence-corrected chi connectivity index (χ0v) is 14.8. The summed E-state index contributed by atoms with van der Waals surface area (Å²) in [5.74, 6) is -1.53. The van der Waals surface area contributed by atoms with Crippen LogP contribution in [0, 0.1) is 11.6 Å². The third-order valence-electron chi connectivity index (χ3n) is 5.12. The summed E-state index contributed by atoms with van der Waals surface area (Å²) in [6.07, 6.45) is 2.02. The van der Waals surface area contributed by atoms with Crippen LogP contribution in [0.5, 0.6) is 0 Å². The van der Waals surface area contributed by atoms with Crippen LogP contribution in [0.2, 0.25) is 0 Å². The SMILES string of the molecule is O=C(NC1CCc2onc(CN3CCOCC3)c2C1)c1ccc(F)c(F)c1. The van der Waals surface area contributed by atoms with Gasteiger partial charge in [-0.2, -0.15) is 0 Å². The van der Waals surface area contributed by atoms with E-state index in [4.69, 9.17) is 9.26 Å². The number of fused-ring (bicyclic) bond motifs is 1. The average molecular weight is 377 g/mol. The molecule has 2 aromatic rings. The van der Waals surface area contributed by atoms with Crippen LogP contribution < -0.4 is 5.32 Å². The van der Waals surface area contributed by atoms with E-state index in [9.17, 15) is 13.6 Å². The molecule has 1 aliphatic heterocycles. The number of amides is 1. The molecule has 1 aliphatic carbocycles. The number of rotatable bonds is 4. The van der Waals surface area contributed by atoms with E-state index in [1.807, 2.05) is 0 Å². The van der Waals surface area contributed by atoms with Crippen molar-refractivity contribution in [1.82, 2.24) is 15.4 Å². The van der Waals surface area contributed by atoms with E-state index >= 15 is 0 Å². The molecule has 1 amide bonds. The van der Waals surface area contributed by atoms with E-state index < -0.39 is 17.5 Å². The number of carbonyl (C=O) groups excluding carboxylic acids is 1. The number of nitrogens with zero attached hydrogens (tertiary/aromatic N) is 2. The fourth-order valence-corrected chi connectivity index (χ4v) is 3.59. The van der Waals surface area contributed by atoms with Crippen LogP contribution in [0.3, 0.4) is 0 Å². The van der Waals surface area contributed by atoms with E-state index in [0.29, 0.717) is 39.0 Å². The van der Waals surface area contributed by atoms with Crippen molar-refractivity contribution in [2.75, 3.05) is 26.3 Å². The highest BCUT2D eigenvalue weighted by molar-refractivity contribution is 5.94. The highest BCUT2D eigenvalue weighted by Crippen LogP contribution is 2.26. The fourth-order valence-electron chi connectivity index (χ4n) is 3.59. The molecule has 2 aliphatic rings. The van der Waals surface area contributed by atoms with E-state index in [2.05, 4.69) is 15.4 Å². The van der Waals surface area contributed by atoms with Crippen molar-refractivity contribution in [3.8, 4) is 0 Å². The van der Waals surface area contributed by atoms with Gasteiger partial charge in [-0.1, -0.05) is 5.16 Å². The molecule has 0 radical (unpaired) electrons. The molecular weight excluding hydrogens is 356 g/mol. The number of aromatic nitrogens is 1. The van der Waals surface area contributed by atoms with E-state index in [-0.39, 0.29) is 11.6 Å². The number of hydrogen-bond donors (Lipinski definition) is 1. The van der Waals surface area contributed by atoms with Gasteiger partial charge < -0.3 is 14.6 Å². The third kappa shape index (κ3) is 4.01. The summed E-state index contributed by atoms with van der Waals surface area (Å²) < 4.78 is 37.3. The Bertz CT molecular complexity index is 834. The first-order chi connectivity index (χ1) is 13.1. The molecule has 8 heteroatoms. The second-order valence-electron chi connectivity index (χ2n) is 6.96. The molecule has 0 saturated carbocycles. The molecule has 1 fully saturated rings. The zero-order chi connectivity index (χ0) is 18.8. The summed E-state index contributed by atoms with van der Waals surface area (Å²) in [7, 11) is 0. The average Bonchev–Trinajstić information content (AvgIpc) is 3.07. The first kappa shape index (κ1) is 18.1. The van der Waals surface area contributed by atoms with Crippen LogP contribution in [0.4, 0.5) is 8.78 Å². The Hall–Kier alpha value is -2.32. The minimum atomic E-state index is -1.03. The summed E-state index contributed by atoms with van der Waals surface area (Å²) >= 11 is 0. The Morgan fingerprint density at radius 2 is 2.07 bits per heavy atom. The van der Waals surface area contributed by atoms with Crippen LogP contribution >= 0.6 is 0 Å². The van der Waals surface area contributed by atoms with Gasteiger partial charge in [0, 0.05) is 43.2 Å². The van der Waals surface area contributed by atoms with E-state index in [1.54, 1.807) is 0 Å². The second kappa shape index (κ2) is 7.74. The molecule has 1 N–H and O–H groups in total. The summed E-state index contributed by atoms with van der Waals surface area (Å²) in [5.41, 5.74) is 2.06. The third-order valence-corrected chi connectivity index (χ3v) is 5.12. The number of benzene rings is 1. The van der Waals surface area contributed by atoms with Gasteiger partial charge in [0.25, 0.3) is 5.91 Å². The van der Waals surface area contributed by atoms with Crippen LogP contribution in [-0.4, -0.2) is 48.3 Å². The van der Waals surface area contributed by atoms with E-state index in [1.165, 1.54) is 6.07 Å². The molecule has 4 rings (SSSR count). The molecular formula is C19H21F2N3O3. The lowest BCUT2D eigenvalue weighted by Gasteiger charge is -2.27. The summed E-state index contributed by atoms with van der Waals surface area (Å²) in [6, 6.07) is 3.07. The number of carbonyl (C=O) groups is 1. The highest BCUT2D eigenvalue weighted by atomic mass is 19.2. The lowest BCUT2D eigenvalue weighted by molar-refractivity contribution is 0.0331. The van der Waals surface area contributed by atoms with Gasteiger partial charge in [0.05, 0.1) is 13.2 Å². The summed E-state index contributed by atoms with van der Waals surface area (Å²) in [5, 5.41) is 7.14. The Balaban J connectivity index is 1.42. The minimum Gasteiger partial charge on any atom is -0.379 e. The van der Waals surface area contributed by atoms with Gasteiger partial charge in [0.1, 0.15) is 11.5 Å². The molecule has 27 heavy (non-hydrogen) atoms. The fraction of sp³-hybridized carbons (Fsp3) is 0.474. The maximum Gasteiger partial charge on any atom is 0.251 e. The maximum absolute atomic E-state index is 13.4. The molecule has 1 aromatic carbocycles. The van der Waals surface area contributed by atoms with Crippen molar-refractivity contribution < 1.29 is 22.8 Å². The zero-order valence-electron chi connectivity index (χ0n) is 14.8. The molecule has 1 unspecified atom stereocenters. The molecule has 0 bridgehead atoms. The summed E-state index contributed by atoms with van der Waals surface area (Å²) in [6.45, 7) is 3.85. The lowest BCUT2D eigenvalue weighted by atomic mass is 9.91. The molecule has 0 spiro atoms. The number of morpholine rings is 1. The van der Waals surface area contributed by atoms with Crippen molar-refractivity contribution in [1.29, 1.82) is 0 Å². The Morgan fingerprint density at radius 1 is 1.26 bits per heavy atom. The number of hydrogen-bond acceptors (Lipinski definition) is 5. The van der Waals surface area contributed by atoms with Gasteiger partial charge in [-0.15, -0.1) is 0 Å².